The molecule has 5 aromatic carbocycles. The number of rotatable bonds is 5. The summed E-state index contributed by atoms with van der Waals surface area (Å²) in [5.41, 5.74) is 9.63. The van der Waals surface area contributed by atoms with Crippen LogP contribution in [0.1, 0.15) is 5.56 Å². The Labute approximate surface area is 216 Å². The molecule has 0 spiro atoms. The third-order valence-electron chi connectivity index (χ3n) is 6.66. The van der Waals surface area contributed by atoms with Crippen molar-refractivity contribution in [2.45, 2.75) is 16.3 Å². The topological polar surface area (TPSA) is 76.0 Å². The summed E-state index contributed by atoms with van der Waals surface area (Å²) >= 11 is 0. The fraction of sp³-hybridized carbons (Fsp3) is 0.0667. The monoisotopic (exact) mass is 512 g/mol. The number of benzene rings is 5. The maximum atomic E-state index is 13.8. The molecule has 0 saturated heterocycles. The van der Waals surface area contributed by atoms with E-state index in [1.165, 1.54) is 5.39 Å². The van der Waals surface area contributed by atoms with E-state index in [1.807, 2.05) is 54.6 Å². The molecule has 0 atom stereocenters. The van der Waals surface area contributed by atoms with E-state index >= 15 is 0 Å². The molecule has 6 rings (SSSR count). The number of aromatic nitrogens is 1. The number of aromatic amines is 1. The lowest BCUT2D eigenvalue weighted by Gasteiger charge is -2.09. The SMILES string of the molecule is Cl.NCCc1c(S(=O)(=O)c2ccc3ccccc3c2)[nH]c2ccc(-c3cccc4ccccc34)cc12. The average molecular weight is 513 g/mol. The van der Waals surface area contributed by atoms with Crippen LogP contribution < -0.4 is 5.73 Å². The van der Waals surface area contributed by atoms with Crippen LogP contribution in [0.25, 0.3) is 43.6 Å². The van der Waals surface area contributed by atoms with Gasteiger partial charge in [-0.15, -0.1) is 12.4 Å². The number of nitrogens with two attached hydrogens (primary N) is 1. The molecule has 0 amide bonds. The lowest BCUT2D eigenvalue weighted by molar-refractivity contribution is 0.592. The zero-order valence-electron chi connectivity index (χ0n) is 19.4. The Morgan fingerprint density at radius 3 is 2.22 bits per heavy atom. The van der Waals surface area contributed by atoms with Gasteiger partial charge < -0.3 is 10.7 Å². The molecular formula is C30H25ClN2O2S. The van der Waals surface area contributed by atoms with Gasteiger partial charge in [-0.2, -0.15) is 0 Å². The maximum Gasteiger partial charge on any atom is 0.222 e. The molecule has 4 nitrogen and oxygen atoms in total. The van der Waals surface area contributed by atoms with E-state index in [2.05, 4.69) is 41.4 Å². The minimum absolute atomic E-state index is 0. The molecule has 0 aliphatic carbocycles. The molecule has 0 aliphatic rings. The summed E-state index contributed by atoms with van der Waals surface area (Å²) in [6.07, 6.45) is 0.459. The van der Waals surface area contributed by atoms with Gasteiger partial charge in [-0.05, 0) is 75.5 Å². The second-order valence-corrected chi connectivity index (χ2v) is 10.7. The van der Waals surface area contributed by atoms with E-state index < -0.39 is 9.84 Å². The lowest BCUT2D eigenvalue weighted by Crippen LogP contribution is -2.09. The normalized spacial score (nSPS) is 11.7. The molecule has 0 radical (unpaired) electrons. The highest BCUT2D eigenvalue weighted by molar-refractivity contribution is 7.91. The van der Waals surface area contributed by atoms with Crippen molar-refractivity contribution in [2.75, 3.05) is 6.54 Å². The van der Waals surface area contributed by atoms with Crippen molar-refractivity contribution in [1.29, 1.82) is 0 Å². The largest absolute Gasteiger partial charge is 0.345 e. The van der Waals surface area contributed by atoms with Crippen LogP contribution in [0.5, 0.6) is 0 Å². The summed E-state index contributed by atoms with van der Waals surface area (Å²) in [5.74, 6) is 0. The van der Waals surface area contributed by atoms with Crippen LogP contribution in [0, 0.1) is 0 Å². The Morgan fingerprint density at radius 2 is 1.42 bits per heavy atom. The van der Waals surface area contributed by atoms with Gasteiger partial charge in [0.1, 0.15) is 5.03 Å². The quantitative estimate of drug-likeness (QED) is 0.264. The number of hydrogen-bond acceptors (Lipinski definition) is 3. The lowest BCUT2D eigenvalue weighted by atomic mass is 9.96. The molecule has 3 N–H and O–H groups in total. The van der Waals surface area contributed by atoms with Gasteiger partial charge in [0.05, 0.1) is 4.90 Å². The Balaban J connectivity index is 0.00000267. The van der Waals surface area contributed by atoms with Gasteiger partial charge in [0.15, 0.2) is 0 Å². The van der Waals surface area contributed by atoms with Crippen LogP contribution in [0.3, 0.4) is 0 Å². The highest BCUT2D eigenvalue weighted by Crippen LogP contribution is 2.35. The second kappa shape index (κ2) is 9.43. The first-order valence-electron chi connectivity index (χ1n) is 11.6. The summed E-state index contributed by atoms with van der Waals surface area (Å²) in [7, 11) is -3.77. The Bertz CT molecular complexity index is 1840. The zero-order valence-corrected chi connectivity index (χ0v) is 21.1. The molecule has 36 heavy (non-hydrogen) atoms. The van der Waals surface area contributed by atoms with E-state index in [9.17, 15) is 8.42 Å². The predicted octanol–water partition coefficient (Wildman–Crippen LogP) is 6.90. The molecule has 0 unspecified atom stereocenters. The molecule has 0 bridgehead atoms. The van der Waals surface area contributed by atoms with E-state index in [-0.39, 0.29) is 22.3 Å². The van der Waals surface area contributed by atoms with E-state index in [1.54, 1.807) is 12.1 Å². The predicted molar refractivity (Wildman–Crippen MR) is 151 cm³/mol. The summed E-state index contributed by atoms with van der Waals surface area (Å²) in [5, 5.41) is 5.34. The molecule has 0 aliphatic heterocycles. The fourth-order valence-electron chi connectivity index (χ4n) is 4.94. The van der Waals surface area contributed by atoms with Crippen molar-refractivity contribution in [1.82, 2.24) is 4.98 Å². The van der Waals surface area contributed by atoms with Gasteiger partial charge in [0, 0.05) is 10.9 Å². The van der Waals surface area contributed by atoms with E-state index in [0.29, 0.717) is 13.0 Å². The van der Waals surface area contributed by atoms with Crippen LogP contribution in [0.2, 0.25) is 0 Å². The third-order valence-corrected chi connectivity index (χ3v) is 8.42. The number of halogens is 1. The van der Waals surface area contributed by atoms with E-state index in [4.69, 9.17) is 5.73 Å². The van der Waals surface area contributed by atoms with Crippen LogP contribution in [-0.4, -0.2) is 19.9 Å². The van der Waals surface area contributed by atoms with Crippen molar-refractivity contribution in [3.63, 3.8) is 0 Å². The van der Waals surface area contributed by atoms with Gasteiger partial charge in [-0.25, -0.2) is 8.42 Å². The van der Waals surface area contributed by atoms with Crippen LogP contribution in [-0.2, 0) is 16.3 Å². The molecule has 0 saturated carbocycles. The number of nitrogens with one attached hydrogen (secondary N) is 1. The summed E-state index contributed by atoms with van der Waals surface area (Å²) < 4.78 is 27.6. The third kappa shape index (κ3) is 3.95. The number of fused-ring (bicyclic) bond motifs is 3. The molecule has 180 valence electrons. The zero-order chi connectivity index (χ0) is 24.0. The molecule has 1 heterocycles. The molecule has 1 aromatic heterocycles. The van der Waals surface area contributed by atoms with Crippen LogP contribution in [0.15, 0.2) is 113 Å². The first-order chi connectivity index (χ1) is 17.1. The van der Waals surface area contributed by atoms with Gasteiger partial charge in [-0.3, -0.25) is 0 Å². The molecular weight excluding hydrogens is 488 g/mol. The maximum absolute atomic E-state index is 13.8. The molecule has 0 fully saturated rings. The van der Waals surface area contributed by atoms with Gasteiger partial charge in [0.2, 0.25) is 9.84 Å². The van der Waals surface area contributed by atoms with Crippen molar-refractivity contribution in [3.05, 3.63) is 109 Å². The Morgan fingerprint density at radius 1 is 0.694 bits per heavy atom. The first-order valence-corrected chi connectivity index (χ1v) is 13.1. The van der Waals surface area contributed by atoms with Crippen LogP contribution in [0.4, 0.5) is 0 Å². The van der Waals surface area contributed by atoms with Gasteiger partial charge in [-0.1, -0.05) is 78.9 Å². The van der Waals surface area contributed by atoms with Crippen LogP contribution >= 0.6 is 12.4 Å². The highest BCUT2D eigenvalue weighted by Gasteiger charge is 2.25. The van der Waals surface area contributed by atoms with Crippen molar-refractivity contribution in [2.24, 2.45) is 5.73 Å². The minimum atomic E-state index is -3.77. The number of hydrogen-bond donors (Lipinski definition) is 2. The summed E-state index contributed by atoms with van der Waals surface area (Å²) in [6, 6.07) is 33.7. The number of sulfone groups is 1. The van der Waals surface area contributed by atoms with Crippen molar-refractivity contribution in [3.8, 4) is 11.1 Å². The smallest absolute Gasteiger partial charge is 0.222 e. The van der Waals surface area contributed by atoms with E-state index in [0.717, 1.165) is 43.8 Å². The number of H-pyrrole nitrogens is 1. The second-order valence-electron chi connectivity index (χ2n) is 8.77. The summed E-state index contributed by atoms with van der Waals surface area (Å²) in [6.45, 7) is 0.353. The average Bonchev–Trinajstić information content (AvgIpc) is 3.27. The fourth-order valence-corrected chi connectivity index (χ4v) is 6.49. The first kappa shape index (κ1) is 24.1. The van der Waals surface area contributed by atoms with Gasteiger partial charge in [0.25, 0.3) is 0 Å². The highest BCUT2D eigenvalue weighted by atomic mass is 35.5. The van der Waals surface area contributed by atoms with Crippen molar-refractivity contribution < 1.29 is 8.42 Å². The summed E-state index contributed by atoms with van der Waals surface area (Å²) in [4.78, 5) is 3.48. The molecule has 6 heteroatoms. The minimum Gasteiger partial charge on any atom is -0.345 e. The Hall–Kier alpha value is -3.64. The Kier molecular flexibility index (Phi) is 6.31. The van der Waals surface area contributed by atoms with Crippen molar-refractivity contribution >= 4 is 54.7 Å². The standard InChI is InChI=1S/C30H24N2O2S.ClH/c31-17-16-27-28-19-23(26-11-5-9-21-7-3-4-10-25(21)26)13-15-29(28)32-30(27)35(33,34)24-14-12-20-6-1-2-8-22(20)18-24;/h1-15,18-19,32H,16-17,31H2;1H. The van der Waals surface area contributed by atoms with Gasteiger partial charge >= 0.3 is 0 Å². The molecule has 6 aromatic rings.